The Labute approximate surface area is 187 Å². The van der Waals surface area contributed by atoms with Gasteiger partial charge in [0.15, 0.2) is 0 Å². The molecular weight excluding hydrogens is 430 g/mol. The zero-order chi connectivity index (χ0) is 21.7. The Balaban J connectivity index is 1.29. The molecule has 0 bridgehead atoms. The van der Waals surface area contributed by atoms with Crippen LogP contribution in [0.15, 0.2) is 64.9 Å². The standard InChI is InChI=1S/C23H27N3O3S2/c27-23(24-17-21(22-8-5-15-30-22)26-13-3-4-14-26)11-12-25-31(28,29)20-10-9-18-6-1-2-7-19(18)16-20/h1-2,5-10,15-16,21,25H,3-4,11-14,17H2,(H,24,27). The van der Waals surface area contributed by atoms with E-state index in [0.29, 0.717) is 6.54 Å². The maximum atomic E-state index is 12.6. The van der Waals surface area contributed by atoms with Gasteiger partial charge in [0.05, 0.1) is 10.9 Å². The van der Waals surface area contributed by atoms with Crippen LogP contribution < -0.4 is 10.0 Å². The van der Waals surface area contributed by atoms with Crippen molar-refractivity contribution in [2.75, 3.05) is 26.2 Å². The fourth-order valence-corrected chi connectivity index (χ4v) is 5.89. The molecule has 1 aromatic heterocycles. The quantitative estimate of drug-likeness (QED) is 0.515. The lowest BCUT2D eigenvalue weighted by atomic mass is 10.1. The molecule has 2 N–H and O–H groups in total. The molecule has 2 aromatic carbocycles. The molecule has 6 nitrogen and oxygen atoms in total. The Kier molecular flexibility index (Phi) is 7.02. The number of nitrogens with one attached hydrogen (secondary N) is 2. The maximum absolute atomic E-state index is 12.6. The van der Waals surface area contributed by atoms with E-state index in [2.05, 4.69) is 26.4 Å². The molecule has 1 aliphatic rings. The highest BCUT2D eigenvalue weighted by Gasteiger charge is 2.24. The fourth-order valence-electron chi connectivity index (χ4n) is 3.96. The van der Waals surface area contributed by atoms with Crippen LogP contribution in [0, 0.1) is 0 Å². The van der Waals surface area contributed by atoms with Gasteiger partial charge >= 0.3 is 0 Å². The van der Waals surface area contributed by atoms with Crippen molar-refractivity contribution in [1.29, 1.82) is 0 Å². The van der Waals surface area contributed by atoms with Gasteiger partial charge < -0.3 is 5.32 Å². The average molecular weight is 458 g/mol. The van der Waals surface area contributed by atoms with Gasteiger partial charge in [0.2, 0.25) is 15.9 Å². The lowest BCUT2D eigenvalue weighted by molar-refractivity contribution is -0.121. The minimum Gasteiger partial charge on any atom is -0.354 e. The molecule has 0 spiro atoms. The summed E-state index contributed by atoms with van der Waals surface area (Å²) in [6.45, 7) is 2.69. The molecule has 0 aliphatic carbocycles. The molecule has 1 amide bonds. The molecule has 164 valence electrons. The van der Waals surface area contributed by atoms with Crippen LogP contribution in [0.25, 0.3) is 10.8 Å². The van der Waals surface area contributed by atoms with E-state index in [4.69, 9.17) is 0 Å². The van der Waals surface area contributed by atoms with Crippen LogP contribution in [-0.2, 0) is 14.8 Å². The van der Waals surface area contributed by atoms with E-state index in [-0.39, 0.29) is 29.8 Å². The minimum atomic E-state index is -3.66. The van der Waals surface area contributed by atoms with Crippen molar-refractivity contribution in [3.05, 3.63) is 64.9 Å². The monoisotopic (exact) mass is 457 g/mol. The number of rotatable bonds is 9. The van der Waals surface area contributed by atoms with Crippen molar-refractivity contribution >= 4 is 38.0 Å². The van der Waals surface area contributed by atoms with E-state index in [1.807, 2.05) is 30.3 Å². The fraction of sp³-hybridized carbons (Fsp3) is 0.348. The first kappa shape index (κ1) is 22.0. The largest absolute Gasteiger partial charge is 0.354 e. The number of carbonyl (C=O) groups excluding carboxylic acids is 1. The summed E-state index contributed by atoms with van der Waals surface area (Å²) in [5.41, 5.74) is 0. The van der Waals surface area contributed by atoms with Crippen LogP contribution in [-0.4, -0.2) is 45.4 Å². The third-order valence-electron chi connectivity index (χ3n) is 5.62. The molecule has 3 aromatic rings. The number of fused-ring (bicyclic) bond motifs is 1. The molecule has 1 unspecified atom stereocenters. The number of carbonyl (C=O) groups is 1. The maximum Gasteiger partial charge on any atom is 0.240 e. The summed E-state index contributed by atoms with van der Waals surface area (Å²) in [4.78, 5) is 16.2. The lowest BCUT2D eigenvalue weighted by Crippen LogP contribution is -2.37. The predicted octanol–water partition coefficient (Wildman–Crippen LogP) is 3.52. The summed E-state index contributed by atoms with van der Waals surface area (Å²) in [5, 5.41) is 6.90. The molecule has 2 heterocycles. The molecule has 0 saturated carbocycles. The van der Waals surface area contributed by atoms with Gasteiger partial charge in [-0.2, -0.15) is 0 Å². The highest BCUT2D eigenvalue weighted by molar-refractivity contribution is 7.89. The van der Waals surface area contributed by atoms with E-state index < -0.39 is 10.0 Å². The Bertz CT molecular complexity index is 1120. The van der Waals surface area contributed by atoms with Crippen LogP contribution >= 0.6 is 11.3 Å². The predicted molar refractivity (Wildman–Crippen MR) is 125 cm³/mol. The van der Waals surface area contributed by atoms with Gasteiger partial charge in [-0.1, -0.05) is 36.4 Å². The first-order chi connectivity index (χ1) is 15.0. The van der Waals surface area contributed by atoms with Gasteiger partial charge in [0, 0.05) is 24.4 Å². The zero-order valence-electron chi connectivity index (χ0n) is 17.3. The number of benzene rings is 2. The second kappa shape index (κ2) is 9.91. The highest BCUT2D eigenvalue weighted by atomic mass is 32.2. The Hall–Kier alpha value is -2.26. The Morgan fingerprint density at radius 2 is 1.81 bits per heavy atom. The third-order valence-corrected chi connectivity index (χ3v) is 8.05. The first-order valence-electron chi connectivity index (χ1n) is 10.6. The molecule has 1 aliphatic heterocycles. The van der Waals surface area contributed by atoms with Gasteiger partial charge in [0.1, 0.15) is 0 Å². The van der Waals surface area contributed by atoms with Gasteiger partial charge in [0.25, 0.3) is 0 Å². The summed E-state index contributed by atoms with van der Waals surface area (Å²) in [7, 11) is -3.66. The van der Waals surface area contributed by atoms with Crippen molar-refractivity contribution in [2.45, 2.75) is 30.2 Å². The van der Waals surface area contributed by atoms with Crippen LogP contribution in [0.1, 0.15) is 30.2 Å². The van der Waals surface area contributed by atoms with Gasteiger partial charge in [-0.25, -0.2) is 13.1 Å². The molecule has 0 radical (unpaired) electrons. The molecule has 4 rings (SSSR count). The summed E-state index contributed by atoms with van der Waals surface area (Å²) in [6, 6.07) is 17.0. The number of nitrogens with zero attached hydrogens (tertiary/aromatic N) is 1. The summed E-state index contributed by atoms with van der Waals surface area (Å²) < 4.78 is 27.8. The highest BCUT2D eigenvalue weighted by Crippen LogP contribution is 2.27. The van der Waals surface area contributed by atoms with Crippen LogP contribution in [0.5, 0.6) is 0 Å². The van der Waals surface area contributed by atoms with Crippen molar-refractivity contribution < 1.29 is 13.2 Å². The second-order valence-corrected chi connectivity index (χ2v) is 10.5. The summed E-state index contributed by atoms with van der Waals surface area (Å²) in [6.07, 6.45) is 2.47. The van der Waals surface area contributed by atoms with E-state index in [1.54, 1.807) is 29.5 Å². The average Bonchev–Trinajstić information content (AvgIpc) is 3.48. The molecule has 1 saturated heterocycles. The number of thiophene rings is 1. The minimum absolute atomic E-state index is 0.0639. The number of hydrogen-bond acceptors (Lipinski definition) is 5. The first-order valence-corrected chi connectivity index (χ1v) is 12.9. The van der Waals surface area contributed by atoms with Gasteiger partial charge in [-0.05, 0) is 60.3 Å². The van der Waals surface area contributed by atoms with Gasteiger partial charge in [-0.3, -0.25) is 9.69 Å². The number of sulfonamides is 1. The SMILES string of the molecule is O=C(CCNS(=O)(=O)c1ccc2ccccc2c1)NCC(c1cccs1)N1CCCC1. The van der Waals surface area contributed by atoms with Crippen LogP contribution in [0.2, 0.25) is 0 Å². The zero-order valence-corrected chi connectivity index (χ0v) is 18.9. The second-order valence-electron chi connectivity index (χ2n) is 7.74. The number of hydrogen-bond donors (Lipinski definition) is 2. The summed E-state index contributed by atoms with van der Waals surface area (Å²) in [5.74, 6) is -0.151. The molecule has 8 heteroatoms. The van der Waals surface area contributed by atoms with E-state index in [1.165, 1.54) is 17.7 Å². The van der Waals surface area contributed by atoms with E-state index in [9.17, 15) is 13.2 Å². The topological polar surface area (TPSA) is 78.5 Å². The van der Waals surface area contributed by atoms with Crippen LogP contribution in [0.3, 0.4) is 0 Å². The molecule has 1 fully saturated rings. The third kappa shape index (κ3) is 5.51. The van der Waals surface area contributed by atoms with Crippen molar-refractivity contribution in [3.8, 4) is 0 Å². The Morgan fingerprint density at radius 1 is 1.03 bits per heavy atom. The van der Waals surface area contributed by atoms with Crippen molar-refractivity contribution in [2.24, 2.45) is 0 Å². The molecule has 1 atom stereocenters. The molecular formula is C23H27N3O3S2. The normalized spacial score (nSPS) is 15.9. The van der Waals surface area contributed by atoms with Crippen LogP contribution in [0.4, 0.5) is 0 Å². The smallest absolute Gasteiger partial charge is 0.240 e. The van der Waals surface area contributed by atoms with Crippen molar-refractivity contribution in [1.82, 2.24) is 14.9 Å². The lowest BCUT2D eigenvalue weighted by Gasteiger charge is -2.26. The number of likely N-dealkylation sites (tertiary alicyclic amines) is 1. The van der Waals surface area contributed by atoms with Crippen molar-refractivity contribution in [3.63, 3.8) is 0 Å². The van der Waals surface area contributed by atoms with Gasteiger partial charge in [-0.15, -0.1) is 11.3 Å². The van der Waals surface area contributed by atoms with E-state index in [0.717, 1.165) is 23.9 Å². The Morgan fingerprint density at radius 3 is 2.55 bits per heavy atom. The van der Waals surface area contributed by atoms with E-state index >= 15 is 0 Å². The summed E-state index contributed by atoms with van der Waals surface area (Å²) >= 11 is 1.70. The number of amides is 1. The molecule has 31 heavy (non-hydrogen) atoms.